The first kappa shape index (κ1) is 9.31. The van der Waals surface area contributed by atoms with E-state index in [0.29, 0.717) is 5.02 Å². The molecule has 0 fully saturated rings. The third-order valence-electron chi connectivity index (χ3n) is 0.808. The van der Waals surface area contributed by atoms with Gasteiger partial charge in [-0.2, -0.15) is 0 Å². The number of rotatable bonds is 0. The smallest absolute Gasteiger partial charge is 0.508 e. The molecule has 1 N–H and O–H groups in total. The summed E-state index contributed by atoms with van der Waals surface area (Å²) in [5.41, 5.74) is 0. The standard InChI is InChI=1S/C6H5ClO.Na/c7-5-2-1-3-6(8)4-5;/h1-4,8H;/q;+1. The van der Waals surface area contributed by atoms with Crippen LogP contribution in [0, 0.1) is 0 Å². The number of hydrogen-bond donors (Lipinski definition) is 1. The molecule has 0 bridgehead atoms. The molecule has 1 aromatic carbocycles. The molecule has 1 aromatic rings. The Labute approximate surface area is 80.9 Å². The zero-order chi connectivity index (χ0) is 5.98. The molecule has 0 saturated carbocycles. The van der Waals surface area contributed by atoms with Crippen LogP contribution >= 0.6 is 11.6 Å². The van der Waals surface area contributed by atoms with Crippen LogP contribution in [-0.4, -0.2) is 5.11 Å². The van der Waals surface area contributed by atoms with Crippen LogP contribution in [0.15, 0.2) is 24.3 Å². The van der Waals surface area contributed by atoms with Gasteiger partial charge in [0.05, 0.1) is 0 Å². The molecule has 0 aliphatic heterocycles. The monoisotopic (exact) mass is 151 g/mol. The van der Waals surface area contributed by atoms with Crippen LogP contribution in [0.1, 0.15) is 0 Å². The van der Waals surface area contributed by atoms with E-state index in [0.717, 1.165) is 0 Å². The Bertz CT molecular complexity index is 173. The van der Waals surface area contributed by atoms with Crippen LogP contribution in [0.2, 0.25) is 5.02 Å². The van der Waals surface area contributed by atoms with Crippen LogP contribution in [0.4, 0.5) is 0 Å². The second kappa shape index (κ2) is 4.18. The quantitative estimate of drug-likeness (QED) is 0.474. The minimum atomic E-state index is 0. The molecule has 0 heterocycles. The van der Waals surface area contributed by atoms with Gasteiger partial charge in [-0.15, -0.1) is 0 Å². The summed E-state index contributed by atoms with van der Waals surface area (Å²) in [6.45, 7) is 0. The number of hydrogen-bond acceptors (Lipinski definition) is 1. The van der Waals surface area contributed by atoms with Crippen LogP contribution in [0.3, 0.4) is 0 Å². The molecule has 9 heavy (non-hydrogen) atoms. The summed E-state index contributed by atoms with van der Waals surface area (Å²) in [6, 6.07) is 6.46. The first-order valence-electron chi connectivity index (χ1n) is 2.23. The van der Waals surface area contributed by atoms with E-state index in [-0.39, 0.29) is 35.3 Å². The first-order chi connectivity index (χ1) is 3.79. The largest absolute Gasteiger partial charge is 1.00 e. The molecule has 0 aromatic heterocycles. The predicted octanol–water partition coefficient (Wildman–Crippen LogP) is -0.950. The number of benzene rings is 1. The molecule has 0 unspecified atom stereocenters. The molecule has 1 nitrogen and oxygen atoms in total. The van der Waals surface area contributed by atoms with Gasteiger partial charge in [-0.3, -0.25) is 0 Å². The molecule has 0 spiro atoms. The van der Waals surface area contributed by atoms with E-state index < -0.39 is 0 Å². The van der Waals surface area contributed by atoms with Gasteiger partial charge in [0.25, 0.3) is 0 Å². The number of aromatic hydroxyl groups is 1. The summed E-state index contributed by atoms with van der Waals surface area (Å²) >= 11 is 5.48. The van der Waals surface area contributed by atoms with E-state index in [1.165, 1.54) is 6.07 Å². The minimum absolute atomic E-state index is 0. The van der Waals surface area contributed by atoms with Crippen LogP contribution in [-0.2, 0) is 0 Å². The van der Waals surface area contributed by atoms with E-state index in [4.69, 9.17) is 16.7 Å². The van der Waals surface area contributed by atoms with Crippen molar-refractivity contribution < 1.29 is 34.7 Å². The van der Waals surface area contributed by atoms with Crippen molar-refractivity contribution >= 4 is 11.6 Å². The molecular weight excluding hydrogens is 147 g/mol. The van der Waals surface area contributed by atoms with Gasteiger partial charge in [-0.1, -0.05) is 17.7 Å². The third kappa shape index (κ3) is 3.11. The molecule has 0 radical (unpaired) electrons. The topological polar surface area (TPSA) is 20.2 Å². The van der Waals surface area contributed by atoms with E-state index in [2.05, 4.69) is 0 Å². The van der Waals surface area contributed by atoms with Crippen LogP contribution in [0.25, 0.3) is 0 Å². The Morgan fingerprint density at radius 1 is 1.33 bits per heavy atom. The van der Waals surface area contributed by atoms with Gasteiger partial charge >= 0.3 is 29.6 Å². The van der Waals surface area contributed by atoms with Crippen LogP contribution < -0.4 is 29.6 Å². The van der Waals surface area contributed by atoms with E-state index in [1.807, 2.05) is 0 Å². The van der Waals surface area contributed by atoms with Gasteiger partial charge < -0.3 is 5.11 Å². The van der Waals surface area contributed by atoms with E-state index >= 15 is 0 Å². The van der Waals surface area contributed by atoms with Crippen molar-refractivity contribution in [1.82, 2.24) is 0 Å². The van der Waals surface area contributed by atoms with Crippen molar-refractivity contribution in [1.29, 1.82) is 0 Å². The average Bonchev–Trinajstić information content (AvgIpc) is 1.64. The molecule has 0 saturated heterocycles. The third-order valence-corrected chi connectivity index (χ3v) is 1.04. The Balaban J connectivity index is 0.000000640. The van der Waals surface area contributed by atoms with Gasteiger partial charge in [0, 0.05) is 5.02 Å². The molecule has 0 aliphatic rings. The molecule has 42 valence electrons. The summed E-state index contributed by atoms with van der Waals surface area (Å²) in [5, 5.41) is 9.29. The summed E-state index contributed by atoms with van der Waals surface area (Å²) in [7, 11) is 0. The van der Waals surface area contributed by atoms with E-state index in [9.17, 15) is 0 Å². The Hall–Kier alpha value is 0.310. The number of phenolic OH excluding ortho intramolecular Hbond substituents is 1. The Morgan fingerprint density at radius 2 is 2.00 bits per heavy atom. The second-order valence-electron chi connectivity index (χ2n) is 1.48. The predicted molar refractivity (Wildman–Crippen MR) is 33.1 cm³/mol. The maximum Gasteiger partial charge on any atom is 1.00 e. The van der Waals surface area contributed by atoms with Crippen molar-refractivity contribution in [3.8, 4) is 5.75 Å². The fraction of sp³-hybridized carbons (Fsp3) is 0. The van der Waals surface area contributed by atoms with Gasteiger partial charge in [0.1, 0.15) is 5.75 Å². The van der Waals surface area contributed by atoms with E-state index in [1.54, 1.807) is 18.2 Å². The number of halogens is 1. The zero-order valence-corrected chi connectivity index (χ0v) is 7.89. The van der Waals surface area contributed by atoms with Gasteiger partial charge in [0.2, 0.25) is 0 Å². The fourth-order valence-corrected chi connectivity index (χ4v) is 0.661. The Morgan fingerprint density at radius 3 is 2.33 bits per heavy atom. The Kier molecular flexibility index (Phi) is 4.32. The fourth-order valence-electron chi connectivity index (χ4n) is 0.476. The van der Waals surface area contributed by atoms with Crippen molar-refractivity contribution in [3.05, 3.63) is 29.3 Å². The van der Waals surface area contributed by atoms with Gasteiger partial charge in [-0.05, 0) is 18.2 Å². The van der Waals surface area contributed by atoms with Crippen LogP contribution in [0.5, 0.6) is 5.75 Å². The maximum absolute atomic E-state index is 8.73. The van der Waals surface area contributed by atoms with Crippen molar-refractivity contribution in [2.45, 2.75) is 0 Å². The van der Waals surface area contributed by atoms with Crippen molar-refractivity contribution in [2.75, 3.05) is 0 Å². The summed E-state index contributed by atoms with van der Waals surface area (Å²) in [6.07, 6.45) is 0. The molecular formula is C6H5ClNaO+. The summed E-state index contributed by atoms with van der Waals surface area (Å²) < 4.78 is 0. The maximum atomic E-state index is 8.73. The SMILES string of the molecule is Oc1cccc(Cl)c1.[Na+]. The molecule has 0 aliphatic carbocycles. The first-order valence-corrected chi connectivity index (χ1v) is 2.61. The molecule has 3 heteroatoms. The van der Waals surface area contributed by atoms with Crippen molar-refractivity contribution in [3.63, 3.8) is 0 Å². The van der Waals surface area contributed by atoms with Gasteiger partial charge in [0.15, 0.2) is 0 Å². The molecule has 1 rings (SSSR count). The summed E-state index contributed by atoms with van der Waals surface area (Å²) in [4.78, 5) is 0. The molecule has 0 atom stereocenters. The van der Waals surface area contributed by atoms with Crippen molar-refractivity contribution in [2.24, 2.45) is 0 Å². The second-order valence-corrected chi connectivity index (χ2v) is 1.92. The zero-order valence-electron chi connectivity index (χ0n) is 5.13. The molecule has 0 amide bonds. The average molecular weight is 152 g/mol. The minimum Gasteiger partial charge on any atom is -0.508 e. The number of phenols is 1. The summed E-state index contributed by atoms with van der Waals surface area (Å²) in [5.74, 6) is 0.206. The van der Waals surface area contributed by atoms with Gasteiger partial charge in [-0.25, -0.2) is 0 Å². The normalized spacial score (nSPS) is 8.11.